The maximum atomic E-state index is 12.6. The van der Waals surface area contributed by atoms with E-state index in [2.05, 4.69) is 21.2 Å². The van der Waals surface area contributed by atoms with Gasteiger partial charge in [0.1, 0.15) is 0 Å². The van der Waals surface area contributed by atoms with Crippen molar-refractivity contribution in [2.24, 2.45) is 0 Å². The van der Waals surface area contributed by atoms with Gasteiger partial charge in [-0.1, -0.05) is 33.6 Å². The van der Waals surface area contributed by atoms with Crippen LogP contribution in [0.2, 0.25) is 5.02 Å². The molecule has 0 aliphatic rings. The summed E-state index contributed by atoms with van der Waals surface area (Å²) in [4.78, 5) is 12.0. The van der Waals surface area contributed by atoms with Crippen LogP contribution in [0.3, 0.4) is 0 Å². The first kappa shape index (κ1) is 15.9. The maximum absolute atomic E-state index is 12.6. The molecule has 0 aliphatic heterocycles. The van der Waals surface area contributed by atoms with Crippen LogP contribution >= 0.6 is 27.5 Å². The molecule has 1 amide bonds. The lowest BCUT2D eigenvalue weighted by Gasteiger charge is -2.10. The molecular formula is C14H8BrClF3NO. The van der Waals surface area contributed by atoms with Crippen LogP contribution in [0.5, 0.6) is 0 Å². The Bertz CT molecular complexity index is 668. The summed E-state index contributed by atoms with van der Waals surface area (Å²) >= 11 is 9.01. The fraction of sp³-hybridized carbons (Fsp3) is 0.0714. The van der Waals surface area contributed by atoms with Crippen LogP contribution < -0.4 is 5.32 Å². The van der Waals surface area contributed by atoms with E-state index in [0.717, 1.165) is 12.1 Å². The summed E-state index contributed by atoms with van der Waals surface area (Å²) in [6, 6.07) is 8.97. The summed E-state index contributed by atoms with van der Waals surface area (Å²) in [5, 5.41) is 2.75. The summed E-state index contributed by atoms with van der Waals surface area (Å²) in [6.07, 6.45) is -4.46. The summed E-state index contributed by atoms with van der Waals surface area (Å²) in [6.45, 7) is 0. The molecule has 0 radical (unpaired) electrons. The SMILES string of the molecule is O=C(Nc1cccc(C(F)(F)F)c1)c1cc(Cl)cc(Br)c1. The first-order valence-electron chi connectivity index (χ1n) is 5.70. The van der Waals surface area contributed by atoms with E-state index in [1.165, 1.54) is 24.3 Å². The third-order valence-electron chi connectivity index (χ3n) is 2.57. The highest BCUT2D eigenvalue weighted by Crippen LogP contribution is 2.30. The molecule has 2 aromatic rings. The molecule has 0 fully saturated rings. The predicted octanol–water partition coefficient (Wildman–Crippen LogP) is 5.37. The van der Waals surface area contributed by atoms with E-state index in [-0.39, 0.29) is 11.3 Å². The smallest absolute Gasteiger partial charge is 0.322 e. The number of benzene rings is 2. The summed E-state index contributed by atoms with van der Waals surface area (Å²) in [5.41, 5.74) is -0.523. The van der Waals surface area contributed by atoms with Gasteiger partial charge in [0.05, 0.1) is 5.56 Å². The number of carbonyl (C=O) groups excluding carboxylic acids is 1. The van der Waals surface area contributed by atoms with Crippen molar-refractivity contribution in [3.8, 4) is 0 Å². The second-order valence-corrected chi connectivity index (χ2v) is 5.54. The highest BCUT2D eigenvalue weighted by molar-refractivity contribution is 9.10. The number of carbonyl (C=O) groups is 1. The fourth-order valence-corrected chi connectivity index (χ4v) is 2.52. The van der Waals surface area contributed by atoms with E-state index in [4.69, 9.17) is 11.6 Å². The molecule has 0 aliphatic carbocycles. The quantitative estimate of drug-likeness (QED) is 0.747. The summed E-state index contributed by atoms with van der Waals surface area (Å²) in [5.74, 6) is -0.544. The Morgan fingerprint density at radius 3 is 2.48 bits per heavy atom. The number of amides is 1. The van der Waals surface area contributed by atoms with Crippen LogP contribution in [0, 0.1) is 0 Å². The van der Waals surface area contributed by atoms with Gasteiger partial charge in [0.2, 0.25) is 0 Å². The molecule has 1 N–H and O–H groups in total. The average Bonchev–Trinajstić information content (AvgIpc) is 2.37. The molecule has 0 atom stereocenters. The number of alkyl halides is 3. The minimum Gasteiger partial charge on any atom is -0.322 e. The Hall–Kier alpha value is -1.53. The Balaban J connectivity index is 2.23. The van der Waals surface area contributed by atoms with Crippen molar-refractivity contribution >= 4 is 39.1 Å². The van der Waals surface area contributed by atoms with Crippen molar-refractivity contribution < 1.29 is 18.0 Å². The molecule has 0 saturated heterocycles. The molecular weight excluding hydrogens is 371 g/mol. The maximum Gasteiger partial charge on any atom is 0.416 e. The van der Waals surface area contributed by atoms with Gasteiger partial charge in [0, 0.05) is 20.7 Å². The second-order valence-electron chi connectivity index (χ2n) is 4.19. The van der Waals surface area contributed by atoms with Crippen LogP contribution in [0.4, 0.5) is 18.9 Å². The van der Waals surface area contributed by atoms with Gasteiger partial charge in [0.15, 0.2) is 0 Å². The van der Waals surface area contributed by atoms with Gasteiger partial charge in [-0.05, 0) is 36.4 Å². The number of hydrogen-bond acceptors (Lipinski definition) is 1. The van der Waals surface area contributed by atoms with Crippen molar-refractivity contribution in [3.63, 3.8) is 0 Å². The first-order chi connectivity index (χ1) is 9.75. The zero-order valence-electron chi connectivity index (χ0n) is 10.3. The van der Waals surface area contributed by atoms with Crippen molar-refractivity contribution in [1.82, 2.24) is 0 Å². The van der Waals surface area contributed by atoms with Gasteiger partial charge >= 0.3 is 6.18 Å². The Labute approximate surface area is 132 Å². The van der Waals surface area contributed by atoms with Crippen LogP contribution in [0.25, 0.3) is 0 Å². The fourth-order valence-electron chi connectivity index (χ4n) is 1.66. The van der Waals surface area contributed by atoms with Crippen molar-refractivity contribution in [2.75, 3.05) is 5.32 Å². The molecule has 2 aromatic carbocycles. The van der Waals surface area contributed by atoms with E-state index in [1.807, 2.05) is 0 Å². The van der Waals surface area contributed by atoms with Gasteiger partial charge in [-0.15, -0.1) is 0 Å². The standard InChI is InChI=1S/C14H8BrClF3NO/c15-10-4-8(5-11(16)7-10)13(21)20-12-3-1-2-9(6-12)14(17,18)19/h1-7H,(H,20,21). The van der Waals surface area contributed by atoms with E-state index in [1.54, 1.807) is 6.07 Å². The normalized spacial score (nSPS) is 11.3. The minimum atomic E-state index is -4.46. The van der Waals surface area contributed by atoms with Gasteiger partial charge in [-0.25, -0.2) is 0 Å². The van der Waals surface area contributed by atoms with E-state index >= 15 is 0 Å². The van der Waals surface area contributed by atoms with Crippen molar-refractivity contribution in [3.05, 3.63) is 63.1 Å². The average molecular weight is 379 g/mol. The lowest BCUT2D eigenvalue weighted by molar-refractivity contribution is -0.137. The van der Waals surface area contributed by atoms with Gasteiger partial charge < -0.3 is 5.32 Å². The summed E-state index contributed by atoms with van der Waals surface area (Å²) < 4.78 is 38.4. The lowest BCUT2D eigenvalue weighted by Crippen LogP contribution is -2.13. The van der Waals surface area contributed by atoms with Crippen molar-refractivity contribution in [2.45, 2.75) is 6.18 Å². The van der Waals surface area contributed by atoms with Gasteiger partial charge in [-0.3, -0.25) is 4.79 Å². The van der Waals surface area contributed by atoms with E-state index in [0.29, 0.717) is 9.50 Å². The zero-order chi connectivity index (χ0) is 15.6. The number of rotatable bonds is 2. The molecule has 0 heterocycles. The van der Waals surface area contributed by atoms with Crippen LogP contribution in [-0.4, -0.2) is 5.91 Å². The Kier molecular flexibility index (Phi) is 4.58. The molecule has 0 spiro atoms. The van der Waals surface area contributed by atoms with Crippen molar-refractivity contribution in [1.29, 1.82) is 0 Å². The number of hydrogen-bond donors (Lipinski definition) is 1. The molecule has 110 valence electrons. The third kappa shape index (κ3) is 4.22. The molecule has 2 rings (SSSR count). The molecule has 2 nitrogen and oxygen atoms in total. The zero-order valence-corrected chi connectivity index (χ0v) is 12.7. The van der Waals surface area contributed by atoms with Gasteiger partial charge in [-0.2, -0.15) is 13.2 Å². The monoisotopic (exact) mass is 377 g/mol. The molecule has 0 aromatic heterocycles. The molecule has 7 heteroatoms. The first-order valence-corrected chi connectivity index (χ1v) is 6.87. The Morgan fingerprint density at radius 2 is 1.86 bits per heavy atom. The van der Waals surface area contributed by atoms with E-state index < -0.39 is 17.6 Å². The predicted molar refractivity (Wildman–Crippen MR) is 78.5 cm³/mol. The largest absolute Gasteiger partial charge is 0.416 e. The van der Waals surface area contributed by atoms with Crippen LogP contribution in [0.1, 0.15) is 15.9 Å². The molecule has 0 saturated carbocycles. The molecule has 0 bridgehead atoms. The minimum absolute atomic E-state index is 0.0610. The van der Waals surface area contributed by atoms with Crippen LogP contribution in [-0.2, 0) is 6.18 Å². The number of nitrogens with one attached hydrogen (secondary N) is 1. The topological polar surface area (TPSA) is 29.1 Å². The molecule has 21 heavy (non-hydrogen) atoms. The third-order valence-corrected chi connectivity index (χ3v) is 3.25. The number of halogens is 5. The molecule has 0 unspecified atom stereocenters. The lowest BCUT2D eigenvalue weighted by atomic mass is 10.1. The van der Waals surface area contributed by atoms with Gasteiger partial charge in [0.25, 0.3) is 5.91 Å². The Morgan fingerprint density at radius 1 is 1.14 bits per heavy atom. The number of anilines is 1. The highest BCUT2D eigenvalue weighted by atomic mass is 79.9. The van der Waals surface area contributed by atoms with Crippen LogP contribution in [0.15, 0.2) is 46.9 Å². The second kappa shape index (κ2) is 6.07. The highest BCUT2D eigenvalue weighted by Gasteiger charge is 2.30. The van der Waals surface area contributed by atoms with E-state index in [9.17, 15) is 18.0 Å². The summed E-state index contributed by atoms with van der Waals surface area (Å²) in [7, 11) is 0.